The summed E-state index contributed by atoms with van der Waals surface area (Å²) in [5.41, 5.74) is 0.468. The summed E-state index contributed by atoms with van der Waals surface area (Å²) in [6.45, 7) is 6.66. The van der Waals surface area contributed by atoms with Gasteiger partial charge in [0.05, 0.1) is 5.56 Å². The number of carbonyl (C=O) groups excluding carboxylic acids is 2. The first-order valence-electron chi connectivity index (χ1n) is 9.27. The fourth-order valence-electron chi connectivity index (χ4n) is 3.52. The molecular weight excluding hydrogens is 334 g/mol. The van der Waals surface area contributed by atoms with E-state index in [-0.39, 0.29) is 12.4 Å². The Morgan fingerprint density at radius 1 is 1.12 bits per heavy atom. The predicted molar refractivity (Wildman–Crippen MR) is 97.1 cm³/mol. The molecule has 26 heavy (non-hydrogen) atoms. The van der Waals surface area contributed by atoms with Gasteiger partial charge in [0, 0.05) is 32.2 Å². The Balaban J connectivity index is 1.41. The second-order valence-electron chi connectivity index (χ2n) is 6.75. The normalized spacial score (nSPS) is 19.9. The van der Waals surface area contributed by atoms with Crippen LogP contribution in [-0.2, 0) is 9.63 Å². The Hall–Kier alpha value is -1.96. The van der Waals surface area contributed by atoms with E-state index in [0.29, 0.717) is 30.4 Å². The van der Waals surface area contributed by atoms with E-state index in [1.165, 1.54) is 19.8 Å². The number of nitrogens with one attached hydrogen (secondary N) is 1. The summed E-state index contributed by atoms with van der Waals surface area (Å²) in [6, 6.07) is 7.54. The van der Waals surface area contributed by atoms with Gasteiger partial charge in [0.2, 0.25) is 0 Å². The number of ether oxygens (including phenoxy) is 1. The Bertz CT molecular complexity index is 623. The van der Waals surface area contributed by atoms with Crippen molar-refractivity contribution in [2.24, 2.45) is 0 Å². The minimum Gasteiger partial charge on any atom is -0.481 e. The summed E-state index contributed by atoms with van der Waals surface area (Å²) >= 11 is 0. The summed E-state index contributed by atoms with van der Waals surface area (Å²) < 4.78 is 5.48. The average Bonchev–Trinajstić information content (AvgIpc) is 2.68. The first-order valence-corrected chi connectivity index (χ1v) is 9.27. The number of hydroxylamine groups is 2. The number of carbonyl (C=O) groups is 2. The lowest BCUT2D eigenvalue weighted by atomic mass is 10.0. The molecule has 0 atom stereocenters. The van der Waals surface area contributed by atoms with Crippen LogP contribution in [0.2, 0.25) is 0 Å². The fourth-order valence-corrected chi connectivity index (χ4v) is 3.52. The van der Waals surface area contributed by atoms with Crippen molar-refractivity contribution < 1.29 is 19.2 Å². The van der Waals surface area contributed by atoms with Crippen LogP contribution in [-0.4, -0.2) is 73.6 Å². The minimum atomic E-state index is -0.446. The molecule has 0 spiro atoms. The lowest BCUT2D eigenvalue weighted by molar-refractivity contribution is -0.201. The number of Topliss-reactive ketones (excluding diaryl/α,β-unsaturated/α-hetero) is 1. The predicted octanol–water partition coefficient (Wildman–Crippen LogP) is 1.10. The third-order valence-corrected chi connectivity index (χ3v) is 4.94. The van der Waals surface area contributed by atoms with Gasteiger partial charge in [-0.05, 0) is 45.0 Å². The van der Waals surface area contributed by atoms with Gasteiger partial charge in [-0.1, -0.05) is 12.1 Å². The molecule has 1 N–H and O–H groups in total. The summed E-state index contributed by atoms with van der Waals surface area (Å²) in [6.07, 6.45) is 2.37. The second kappa shape index (κ2) is 9.12. The first-order chi connectivity index (χ1) is 12.6. The van der Waals surface area contributed by atoms with Crippen molar-refractivity contribution in [3.8, 4) is 5.75 Å². The molecule has 2 heterocycles. The molecule has 7 nitrogen and oxygen atoms in total. The van der Waals surface area contributed by atoms with Crippen molar-refractivity contribution in [1.82, 2.24) is 15.3 Å². The Morgan fingerprint density at radius 2 is 1.81 bits per heavy atom. The number of ketones is 1. The highest BCUT2D eigenvalue weighted by Gasteiger charge is 2.26. The Labute approximate surface area is 154 Å². The van der Waals surface area contributed by atoms with Gasteiger partial charge in [0.1, 0.15) is 5.75 Å². The molecular formula is C19H27N3O4. The molecule has 1 aromatic rings. The van der Waals surface area contributed by atoms with Crippen LogP contribution in [0.3, 0.4) is 0 Å². The zero-order chi connectivity index (χ0) is 18.4. The summed E-state index contributed by atoms with van der Waals surface area (Å²) in [7, 11) is 0. The van der Waals surface area contributed by atoms with Crippen LogP contribution < -0.4 is 10.1 Å². The highest BCUT2D eigenvalue weighted by Crippen LogP contribution is 2.18. The summed E-state index contributed by atoms with van der Waals surface area (Å²) in [5.74, 6) is -0.130. The fraction of sp³-hybridized carbons (Fsp3) is 0.579. The molecule has 2 aliphatic heterocycles. The molecule has 3 rings (SSSR count). The SMILES string of the molecule is CC(=O)c1ccccc1OCC(=O)ON1CCN(C2CCNCC2)CC1. The van der Waals surface area contributed by atoms with Gasteiger partial charge in [0.15, 0.2) is 12.4 Å². The average molecular weight is 361 g/mol. The van der Waals surface area contributed by atoms with Gasteiger partial charge in [0.25, 0.3) is 0 Å². The maximum absolute atomic E-state index is 12.1. The van der Waals surface area contributed by atoms with Crippen molar-refractivity contribution in [3.63, 3.8) is 0 Å². The van der Waals surface area contributed by atoms with Crippen molar-refractivity contribution in [3.05, 3.63) is 29.8 Å². The van der Waals surface area contributed by atoms with E-state index in [1.807, 2.05) is 0 Å². The Morgan fingerprint density at radius 3 is 2.50 bits per heavy atom. The minimum absolute atomic E-state index is 0.0944. The number of hydrogen-bond donors (Lipinski definition) is 1. The molecule has 2 saturated heterocycles. The molecule has 7 heteroatoms. The molecule has 0 radical (unpaired) electrons. The molecule has 0 aliphatic carbocycles. The highest BCUT2D eigenvalue weighted by atomic mass is 16.7. The maximum atomic E-state index is 12.1. The van der Waals surface area contributed by atoms with Crippen molar-refractivity contribution in [2.45, 2.75) is 25.8 Å². The number of piperazine rings is 1. The number of benzene rings is 1. The largest absolute Gasteiger partial charge is 0.481 e. The summed E-state index contributed by atoms with van der Waals surface area (Å²) in [5, 5.41) is 5.09. The van der Waals surface area contributed by atoms with Gasteiger partial charge < -0.3 is 14.9 Å². The van der Waals surface area contributed by atoms with Crippen LogP contribution in [0.4, 0.5) is 0 Å². The van der Waals surface area contributed by atoms with Gasteiger partial charge in [-0.2, -0.15) is 0 Å². The van der Waals surface area contributed by atoms with E-state index in [4.69, 9.17) is 9.57 Å². The van der Waals surface area contributed by atoms with E-state index >= 15 is 0 Å². The molecule has 0 unspecified atom stereocenters. The molecule has 0 saturated carbocycles. The monoisotopic (exact) mass is 361 g/mol. The van der Waals surface area contributed by atoms with Crippen LogP contribution in [0.1, 0.15) is 30.1 Å². The van der Waals surface area contributed by atoms with Crippen LogP contribution in [0.5, 0.6) is 5.75 Å². The zero-order valence-corrected chi connectivity index (χ0v) is 15.3. The van der Waals surface area contributed by atoms with Gasteiger partial charge in [-0.15, -0.1) is 5.06 Å². The lowest BCUT2D eigenvalue weighted by Crippen LogP contribution is -2.53. The van der Waals surface area contributed by atoms with Crippen LogP contribution in [0, 0.1) is 0 Å². The molecule has 1 aromatic carbocycles. The molecule has 0 bridgehead atoms. The van der Waals surface area contributed by atoms with Gasteiger partial charge >= 0.3 is 5.97 Å². The third-order valence-electron chi connectivity index (χ3n) is 4.94. The number of rotatable bonds is 6. The van der Waals surface area contributed by atoms with E-state index in [1.54, 1.807) is 29.3 Å². The molecule has 0 aromatic heterocycles. The summed E-state index contributed by atoms with van der Waals surface area (Å²) in [4.78, 5) is 31.5. The molecule has 0 amide bonds. The van der Waals surface area contributed by atoms with Gasteiger partial charge in [-0.25, -0.2) is 4.79 Å². The van der Waals surface area contributed by atoms with E-state index in [0.717, 1.165) is 26.2 Å². The van der Waals surface area contributed by atoms with Crippen molar-refractivity contribution in [2.75, 3.05) is 45.9 Å². The van der Waals surface area contributed by atoms with E-state index < -0.39 is 5.97 Å². The molecule has 142 valence electrons. The topological polar surface area (TPSA) is 71.1 Å². The third kappa shape index (κ3) is 5.03. The highest BCUT2D eigenvalue weighted by molar-refractivity contribution is 5.96. The van der Waals surface area contributed by atoms with E-state index in [2.05, 4.69) is 10.2 Å². The van der Waals surface area contributed by atoms with Crippen LogP contribution in [0.15, 0.2) is 24.3 Å². The maximum Gasteiger partial charge on any atom is 0.362 e. The quantitative estimate of drug-likeness (QED) is 0.761. The number of hydrogen-bond acceptors (Lipinski definition) is 7. The molecule has 2 fully saturated rings. The van der Waals surface area contributed by atoms with Crippen molar-refractivity contribution >= 4 is 11.8 Å². The van der Waals surface area contributed by atoms with Crippen LogP contribution in [0.25, 0.3) is 0 Å². The second-order valence-corrected chi connectivity index (χ2v) is 6.75. The number of nitrogens with zero attached hydrogens (tertiary/aromatic N) is 2. The van der Waals surface area contributed by atoms with Gasteiger partial charge in [-0.3, -0.25) is 9.69 Å². The number of piperidine rings is 1. The zero-order valence-electron chi connectivity index (χ0n) is 15.3. The standard InChI is InChI=1S/C19H27N3O4/c1-15(23)17-4-2-3-5-18(17)25-14-19(24)26-22-12-10-21(11-13-22)16-6-8-20-9-7-16/h2-5,16,20H,6-14H2,1H3. The Kier molecular flexibility index (Phi) is 6.60. The van der Waals surface area contributed by atoms with E-state index in [9.17, 15) is 9.59 Å². The first kappa shape index (κ1) is 18.8. The lowest BCUT2D eigenvalue weighted by Gasteiger charge is -2.39. The number of para-hydroxylation sites is 1. The smallest absolute Gasteiger partial charge is 0.362 e. The molecule has 2 aliphatic rings. The van der Waals surface area contributed by atoms with Crippen LogP contribution >= 0.6 is 0 Å². The van der Waals surface area contributed by atoms with Crippen molar-refractivity contribution in [1.29, 1.82) is 0 Å².